The number of hydrogen-bond acceptors (Lipinski definition) is 4. The average Bonchev–Trinajstić information content (AvgIpc) is 2.51. The first-order valence-corrected chi connectivity index (χ1v) is 8.40. The fourth-order valence-electron chi connectivity index (χ4n) is 2.20. The van der Waals surface area contributed by atoms with Crippen molar-refractivity contribution in [2.45, 2.75) is 31.2 Å². The third-order valence-electron chi connectivity index (χ3n) is 3.49. The summed E-state index contributed by atoms with van der Waals surface area (Å²) >= 11 is 1.94. The molecule has 1 aromatic carbocycles. The Bertz CT molecular complexity index is 447. The molecule has 1 unspecified atom stereocenters. The number of aliphatic hydroxyl groups is 1. The van der Waals surface area contributed by atoms with Crippen molar-refractivity contribution in [2.24, 2.45) is 0 Å². The number of ether oxygens (including phenoxy) is 1. The number of thioether (sulfide) groups is 1. The van der Waals surface area contributed by atoms with Gasteiger partial charge in [-0.05, 0) is 48.6 Å². The smallest absolute Gasteiger partial charge is 0.416 e. The number of alkyl halides is 3. The zero-order valence-electron chi connectivity index (χ0n) is 12.1. The Morgan fingerprint density at radius 2 is 1.86 bits per heavy atom. The van der Waals surface area contributed by atoms with Crippen LogP contribution in [-0.4, -0.2) is 41.9 Å². The topological polar surface area (TPSA) is 41.5 Å². The highest BCUT2D eigenvalue weighted by atomic mass is 32.2. The fraction of sp³-hybridized carbons (Fsp3) is 0.600. The van der Waals surface area contributed by atoms with Crippen molar-refractivity contribution in [2.75, 3.05) is 24.7 Å². The molecule has 22 heavy (non-hydrogen) atoms. The predicted molar refractivity (Wildman–Crippen MR) is 81.3 cm³/mol. The van der Waals surface area contributed by atoms with Gasteiger partial charge in [0.05, 0.1) is 5.56 Å². The monoisotopic (exact) mass is 335 g/mol. The lowest BCUT2D eigenvalue weighted by molar-refractivity contribution is -0.137. The minimum atomic E-state index is -4.35. The normalized spacial score (nSPS) is 18.2. The summed E-state index contributed by atoms with van der Waals surface area (Å²) in [5.41, 5.74) is -0.711. The summed E-state index contributed by atoms with van der Waals surface area (Å²) in [5, 5.41) is 13.1. The van der Waals surface area contributed by atoms with Gasteiger partial charge in [0.25, 0.3) is 0 Å². The predicted octanol–water partition coefficient (Wildman–Crippen LogP) is 2.93. The van der Waals surface area contributed by atoms with Crippen molar-refractivity contribution >= 4 is 11.8 Å². The zero-order chi connectivity index (χ0) is 16.0. The van der Waals surface area contributed by atoms with Crippen LogP contribution in [0.4, 0.5) is 13.2 Å². The molecule has 1 aromatic rings. The minimum Gasteiger partial charge on any atom is -0.491 e. The van der Waals surface area contributed by atoms with Gasteiger partial charge >= 0.3 is 6.18 Å². The van der Waals surface area contributed by atoms with E-state index in [1.165, 1.54) is 12.1 Å². The van der Waals surface area contributed by atoms with Crippen LogP contribution in [0.25, 0.3) is 0 Å². The van der Waals surface area contributed by atoms with E-state index >= 15 is 0 Å². The van der Waals surface area contributed by atoms with Crippen LogP contribution in [0.5, 0.6) is 5.75 Å². The number of halogens is 3. The Balaban J connectivity index is 1.70. The summed E-state index contributed by atoms with van der Waals surface area (Å²) in [5.74, 6) is 2.59. The van der Waals surface area contributed by atoms with E-state index in [1.54, 1.807) is 0 Å². The van der Waals surface area contributed by atoms with Gasteiger partial charge < -0.3 is 15.2 Å². The molecule has 124 valence electrons. The van der Waals surface area contributed by atoms with Gasteiger partial charge in [-0.15, -0.1) is 0 Å². The molecule has 0 saturated carbocycles. The summed E-state index contributed by atoms with van der Waals surface area (Å²) in [7, 11) is 0. The van der Waals surface area contributed by atoms with Gasteiger partial charge in [0.2, 0.25) is 0 Å². The number of nitrogens with one attached hydrogen (secondary N) is 1. The second kappa shape index (κ2) is 8.08. The van der Waals surface area contributed by atoms with Gasteiger partial charge in [-0.1, -0.05) is 0 Å². The van der Waals surface area contributed by atoms with Crippen molar-refractivity contribution in [1.29, 1.82) is 0 Å². The van der Waals surface area contributed by atoms with Crippen molar-refractivity contribution in [3.05, 3.63) is 29.8 Å². The molecule has 1 heterocycles. The highest BCUT2D eigenvalue weighted by Gasteiger charge is 2.30. The zero-order valence-corrected chi connectivity index (χ0v) is 12.9. The lowest BCUT2D eigenvalue weighted by atomic mass is 10.1. The second-order valence-corrected chi connectivity index (χ2v) is 6.51. The first-order valence-electron chi connectivity index (χ1n) is 7.24. The third-order valence-corrected chi connectivity index (χ3v) is 4.54. The summed E-state index contributed by atoms with van der Waals surface area (Å²) < 4.78 is 42.6. The summed E-state index contributed by atoms with van der Waals surface area (Å²) in [6.07, 6.45) is -2.84. The van der Waals surface area contributed by atoms with E-state index in [2.05, 4.69) is 5.32 Å². The van der Waals surface area contributed by atoms with E-state index in [4.69, 9.17) is 4.74 Å². The SMILES string of the molecule is OC(CNC1CCSCC1)COc1ccc(C(F)(F)F)cc1. The average molecular weight is 335 g/mol. The molecule has 1 aliphatic rings. The van der Waals surface area contributed by atoms with Gasteiger partial charge in [-0.3, -0.25) is 0 Å². The molecular formula is C15H20F3NO2S. The molecule has 0 aromatic heterocycles. The molecule has 7 heteroatoms. The first-order chi connectivity index (χ1) is 10.4. The van der Waals surface area contributed by atoms with E-state index in [-0.39, 0.29) is 6.61 Å². The van der Waals surface area contributed by atoms with Crippen molar-refractivity contribution < 1.29 is 23.0 Å². The number of hydrogen-bond donors (Lipinski definition) is 2. The van der Waals surface area contributed by atoms with Crippen LogP contribution in [-0.2, 0) is 6.18 Å². The molecule has 0 amide bonds. The van der Waals surface area contributed by atoms with Crippen LogP contribution in [0, 0.1) is 0 Å². The molecular weight excluding hydrogens is 315 g/mol. The molecule has 0 radical (unpaired) electrons. The van der Waals surface area contributed by atoms with Gasteiger partial charge in [0.15, 0.2) is 0 Å². The van der Waals surface area contributed by atoms with Gasteiger partial charge in [0, 0.05) is 12.6 Å². The maximum atomic E-state index is 12.4. The fourth-order valence-corrected chi connectivity index (χ4v) is 3.30. The molecule has 1 aliphatic heterocycles. The van der Waals surface area contributed by atoms with Crippen LogP contribution in [0.2, 0.25) is 0 Å². The quantitative estimate of drug-likeness (QED) is 0.839. The Hall–Kier alpha value is -0.920. The highest BCUT2D eigenvalue weighted by Crippen LogP contribution is 2.30. The van der Waals surface area contributed by atoms with Crippen LogP contribution in [0.1, 0.15) is 18.4 Å². The van der Waals surface area contributed by atoms with Crippen molar-refractivity contribution in [3.63, 3.8) is 0 Å². The minimum absolute atomic E-state index is 0.0554. The second-order valence-electron chi connectivity index (χ2n) is 5.28. The molecule has 1 atom stereocenters. The molecule has 0 spiro atoms. The molecule has 2 N–H and O–H groups in total. The maximum Gasteiger partial charge on any atom is 0.416 e. The Morgan fingerprint density at radius 1 is 1.23 bits per heavy atom. The highest BCUT2D eigenvalue weighted by molar-refractivity contribution is 7.99. The van der Waals surface area contributed by atoms with Crippen LogP contribution < -0.4 is 10.1 Å². The van der Waals surface area contributed by atoms with E-state index in [1.807, 2.05) is 11.8 Å². The Labute approximate surface area is 132 Å². The van der Waals surface area contributed by atoms with Crippen LogP contribution >= 0.6 is 11.8 Å². The van der Waals surface area contributed by atoms with E-state index in [0.29, 0.717) is 18.3 Å². The van der Waals surface area contributed by atoms with Gasteiger partial charge in [-0.2, -0.15) is 24.9 Å². The molecule has 1 saturated heterocycles. The number of benzene rings is 1. The van der Waals surface area contributed by atoms with Crippen LogP contribution in [0.15, 0.2) is 24.3 Å². The summed E-state index contributed by atoms with van der Waals surface area (Å²) in [6.45, 7) is 0.482. The standard InChI is InChI=1S/C15H20F3NO2S/c16-15(17,18)11-1-3-14(4-2-11)21-10-13(20)9-19-12-5-7-22-8-6-12/h1-4,12-13,19-20H,5-10H2. The van der Waals surface area contributed by atoms with E-state index in [9.17, 15) is 18.3 Å². The molecule has 2 rings (SSSR count). The van der Waals surface area contributed by atoms with Crippen molar-refractivity contribution in [1.82, 2.24) is 5.32 Å². The lowest BCUT2D eigenvalue weighted by Gasteiger charge is -2.24. The lowest BCUT2D eigenvalue weighted by Crippen LogP contribution is -2.39. The summed E-state index contributed by atoms with van der Waals surface area (Å²) in [6, 6.07) is 4.91. The van der Waals surface area contributed by atoms with E-state index in [0.717, 1.165) is 36.5 Å². The van der Waals surface area contributed by atoms with Crippen molar-refractivity contribution in [3.8, 4) is 5.75 Å². The van der Waals surface area contributed by atoms with Gasteiger partial charge in [-0.25, -0.2) is 0 Å². The Morgan fingerprint density at radius 3 is 2.45 bits per heavy atom. The third kappa shape index (κ3) is 5.70. The molecule has 0 aliphatic carbocycles. The molecule has 0 bridgehead atoms. The van der Waals surface area contributed by atoms with Gasteiger partial charge in [0.1, 0.15) is 18.5 Å². The first kappa shape index (κ1) is 17.4. The number of rotatable bonds is 6. The maximum absolute atomic E-state index is 12.4. The summed E-state index contributed by atoms with van der Waals surface area (Å²) in [4.78, 5) is 0. The van der Waals surface area contributed by atoms with Crippen LogP contribution in [0.3, 0.4) is 0 Å². The largest absolute Gasteiger partial charge is 0.491 e. The molecule has 1 fully saturated rings. The number of aliphatic hydroxyl groups excluding tert-OH is 1. The van der Waals surface area contributed by atoms with E-state index < -0.39 is 17.8 Å². The Kier molecular flexibility index (Phi) is 6.40. The molecule has 3 nitrogen and oxygen atoms in total.